The van der Waals surface area contributed by atoms with Crippen molar-refractivity contribution in [3.8, 4) is 5.75 Å². The maximum Gasteiger partial charge on any atom is 0.225 e. The Morgan fingerprint density at radius 1 is 1.21 bits per heavy atom. The van der Waals surface area contributed by atoms with Crippen LogP contribution < -0.4 is 4.74 Å². The van der Waals surface area contributed by atoms with Gasteiger partial charge in [0, 0.05) is 37.3 Å². The van der Waals surface area contributed by atoms with E-state index in [0.717, 1.165) is 42.0 Å². The molecule has 1 fully saturated rings. The quantitative estimate of drug-likeness (QED) is 0.643. The van der Waals surface area contributed by atoms with Crippen LogP contribution in [0.15, 0.2) is 42.7 Å². The predicted octanol–water partition coefficient (Wildman–Crippen LogP) is 3.27. The number of aromatic nitrogens is 4. The van der Waals surface area contributed by atoms with Gasteiger partial charge in [0.1, 0.15) is 17.9 Å². The van der Waals surface area contributed by atoms with Crippen LogP contribution in [-0.4, -0.2) is 50.3 Å². The number of carbonyl (C=O) groups excluding carboxylic acids is 1. The molecule has 1 unspecified atom stereocenters. The summed E-state index contributed by atoms with van der Waals surface area (Å²) in [5.41, 5.74) is 2.54. The molecule has 1 amide bonds. The van der Waals surface area contributed by atoms with Gasteiger partial charge in [-0.05, 0) is 25.0 Å². The molecular formula is C22H27N5O2. The van der Waals surface area contributed by atoms with Gasteiger partial charge in [0.25, 0.3) is 0 Å². The average molecular weight is 393 g/mol. The molecule has 0 aliphatic carbocycles. The highest BCUT2D eigenvalue weighted by Crippen LogP contribution is 2.30. The van der Waals surface area contributed by atoms with E-state index in [9.17, 15) is 4.79 Å². The molecule has 0 saturated carbocycles. The summed E-state index contributed by atoms with van der Waals surface area (Å²) in [5, 5.41) is 4.86. The Balaban J connectivity index is 1.53. The van der Waals surface area contributed by atoms with E-state index in [0.29, 0.717) is 19.7 Å². The molecule has 0 spiro atoms. The minimum Gasteiger partial charge on any atom is -0.492 e. The highest BCUT2D eigenvalue weighted by atomic mass is 16.5. The maximum absolute atomic E-state index is 12.5. The van der Waals surface area contributed by atoms with Crippen molar-refractivity contribution in [2.75, 3.05) is 19.7 Å². The number of ether oxygens (including phenoxy) is 1. The largest absolute Gasteiger partial charge is 0.492 e. The van der Waals surface area contributed by atoms with Crippen LogP contribution in [0, 0.1) is 5.92 Å². The molecule has 7 heteroatoms. The van der Waals surface area contributed by atoms with Crippen molar-refractivity contribution in [2.45, 2.75) is 39.2 Å². The van der Waals surface area contributed by atoms with E-state index >= 15 is 0 Å². The first-order chi connectivity index (χ1) is 14.1. The normalized spacial score (nSPS) is 17.1. The van der Waals surface area contributed by atoms with Gasteiger partial charge >= 0.3 is 0 Å². The molecule has 152 valence electrons. The van der Waals surface area contributed by atoms with E-state index in [1.165, 1.54) is 0 Å². The summed E-state index contributed by atoms with van der Waals surface area (Å²) < 4.78 is 7.71. The van der Waals surface area contributed by atoms with Crippen LogP contribution in [0.3, 0.4) is 0 Å². The molecule has 1 aliphatic heterocycles. The number of likely N-dealkylation sites (tertiary alicyclic amines) is 1. The lowest BCUT2D eigenvalue weighted by molar-refractivity contribution is -0.135. The van der Waals surface area contributed by atoms with Gasteiger partial charge < -0.3 is 9.64 Å². The Kier molecular flexibility index (Phi) is 5.74. The van der Waals surface area contributed by atoms with Crippen molar-refractivity contribution in [3.05, 3.63) is 48.4 Å². The lowest BCUT2D eigenvalue weighted by Crippen LogP contribution is -2.41. The van der Waals surface area contributed by atoms with Crippen LogP contribution in [0.25, 0.3) is 11.2 Å². The van der Waals surface area contributed by atoms with Crippen LogP contribution in [0.2, 0.25) is 0 Å². The highest BCUT2D eigenvalue weighted by Gasteiger charge is 2.29. The molecule has 7 nitrogen and oxygen atoms in total. The average Bonchev–Trinajstić information content (AvgIpc) is 3.13. The summed E-state index contributed by atoms with van der Waals surface area (Å²) in [4.78, 5) is 23.5. The van der Waals surface area contributed by atoms with E-state index in [1.807, 2.05) is 53.8 Å². The number of nitrogens with zero attached hydrogens (tertiary/aromatic N) is 5. The molecule has 0 bridgehead atoms. The zero-order valence-electron chi connectivity index (χ0n) is 17.0. The van der Waals surface area contributed by atoms with Crippen LogP contribution in [-0.2, 0) is 11.3 Å². The molecule has 1 atom stereocenters. The summed E-state index contributed by atoms with van der Waals surface area (Å²) in [6, 6.07) is 9.75. The summed E-state index contributed by atoms with van der Waals surface area (Å²) in [7, 11) is 0. The zero-order chi connectivity index (χ0) is 20.2. The lowest BCUT2D eigenvalue weighted by atomic mass is 9.93. The van der Waals surface area contributed by atoms with Gasteiger partial charge in [-0.15, -0.1) is 0 Å². The molecule has 3 aromatic rings. The van der Waals surface area contributed by atoms with Crippen molar-refractivity contribution >= 4 is 17.1 Å². The minimum atomic E-state index is 0.0120. The van der Waals surface area contributed by atoms with Gasteiger partial charge in [-0.3, -0.25) is 4.79 Å². The number of para-hydroxylation sites is 1. The Hall–Kier alpha value is -2.96. The molecule has 1 saturated heterocycles. The topological polar surface area (TPSA) is 73.1 Å². The summed E-state index contributed by atoms with van der Waals surface area (Å²) in [6.07, 6.45) is 5.38. The minimum absolute atomic E-state index is 0.0120. The standard InChI is InChI=1S/C22H27N5O2/c1-16(2)22(28)26-12-6-7-17(15-26)19-20-21(24-11-10-23-20)27(25-19)13-14-29-18-8-4-3-5-9-18/h3-5,8-11,16-17H,6-7,12-15H2,1-2H3. The van der Waals surface area contributed by atoms with Crippen LogP contribution >= 0.6 is 0 Å². The number of rotatable bonds is 6. The van der Waals surface area contributed by atoms with Crippen LogP contribution in [0.5, 0.6) is 5.75 Å². The number of hydrogen-bond acceptors (Lipinski definition) is 5. The molecular weight excluding hydrogens is 366 g/mol. The van der Waals surface area contributed by atoms with E-state index in [-0.39, 0.29) is 17.7 Å². The fourth-order valence-electron chi connectivity index (χ4n) is 3.89. The number of amides is 1. The van der Waals surface area contributed by atoms with Crippen molar-refractivity contribution in [3.63, 3.8) is 0 Å². The van der Waals surface area contributed by atoms with Crippen molar-refractivity contribution in [1.29, 1.82) is 0 Å². The highest BCUT2D eigenvalue weighted by molar-refractivity contribution is 5.78. The van der Waals surface area contributed by atoms with E-state index in [1.54, 1.807) is 12.4 Å². The Bertz CT molecular complexity index is 970. The second-order valence-corrected chi connectivity index (χ2v) is 7.78. The summed E-state index contributed by atoms with van der Waals surface area (Å²) in [5.74, 6) is 1.24. The first-order valence-corrected chi connectivity index (χ1v) is 10.3. The molecule has 0 N–H and O–H groups in total. The molecule has 29 heavy (non-hydrogen) atoms. The zero-order valence-corrected chi connectivity index (χ0v) is 17.0. The van der Waals surface area contributed by atoms with Gasteiger partial charge in [-0.25, -0.2) is 14.6 Å². The van der Waals surface area contributed by atoms with Gasteiger partial charge in [-0.1, -0.05) is 32.0 Å². The van der Waals surface area contributed by atoms with Crippen molar-refractivity contribution in [1.82, 2.24) is 24.6 Å². The van der Waals surface area contributed by atoms with Crippen molar-refractivity contribution in [2.24, 2.45) is 5.92 Å². The van der Waals surface area contributed by atoms with Crippen LogP contribution in [0.4, 0.5) is 0 Å². The molecule has 1 aliphatic rings. The third-order valence-electron chi connectivity index (χ3n) is 5.32. The Labute approximate surface area is 170 Å². The molecule has 4 rings (SSSR count). The van der Waals surface area contributed by atoms with Crippen molar-refractivity contribution < 1.29 is 9.53 Å². The molecule has 2 aromatic heterocycles. The van der Waals surface area contributed by atoms with Gasteiger partial charge in [0.05, 0.1) is 12.2 Å². The molecule has 0 radical (unpaired) electrons. The van der Waals surface area contributed by atoms with E-state index in [4.69, 9.17) is 9.84 Å². The number of carbonyl (C=O) groups is 1. The number of piperidine rings is 1. The number of benzene rings is 1. The fourth-order valence-corrected chi connectivity index (χ4v) is 3.89. The van der Waals surface area contributed by atoms with Gasteiger partial charge in [-0.2, -0.15) is 5.10 Å². The van der Waals surface area contributed by atoms with Gasteiger partial charge in [0.15, 0.2) is 5.65 Å². The first-order valence-electron chi connectivity index (χ1n) is 10.3. The lowest BCUT2D eigenvalue weighted by Gasteiger charge is -2.33. The first kappa shape index (κ1) is 19.4. The Morgan fingerprint density at radius 3 is 2.79 bits per heavy atom. The van der Waals surface area contributed by atoms with Gasteiger partial charge in [0.2, 0.25) is 5.91 Å². The monoisotopic (exact) mass is 393 g/mol. The molecule has 1 aromatic carbocycles. The smallest absolute Gasteiger partial charge is 0.225 e. The van der Waals surface area contributed by atoms with E-state index in [2.05, 4.69) is 9.97 Å². The SMILES string of the molecule is CC(C)C(=O)N1CCCC(c2nn(CCOc3ccccc3)c3nccnc23)C1. The molecule has 3 heterocycles. The second kappa shape index (κ2) is 8.59. The third-order valence-corrected chi connectivity index (χ3v) is 5.32. The second-order valence-electron chi connectivity index (χ2n) is 7.78. The summed E-state index contributed by atoms with van der Waals surface area (Å²) in [6.45, 7) is 6.51. The van der Waals surface area contributed by atoms with E-state index < -0.39 is 0 Å². The fraction of sp³-hybridized carbons (Fsp3) is 0.455. The number of fused-ring (bicyclic) bond motifs is 1. The Morgan fingerprint density at radius 2 is 2.00 bits per heavy atom. The van der Waals surface area contributed by atoms with Crippen LogP contribution in [0.1, 0.15) is 38.3 Å². The predicted molar refractivity (Wildman–Crippen MR) is 111 cm³/mol. The summed E-state index contributed by atoms with van der Waals surface area (Å²) >= 11 is 0. The third kappa shape index (κ3) is 4.23. The number of hydrogen-bond donors (Lipinski definition) is 0. The maximum atomic E-state index is 12.5.